The highest BCUT2D eigenvalue weighted by Crippen LogP contribution is 2.34. The van der Waals surface area contributed by atoms with E-state index in [1.54, 1.807) is 19.2 Å². The first-order chi connectivity index (χ1) is 17.4. The number of anilines is 3. The maximum atomic E-state index is 14.9. The summed E-state index contributed by atoms with van der Waals surface area (Å²) < 4.78 is 22.0. The monoisotopic (exact) mass is 495 g/mol. The number of amides is 1. The van der Waals surface area contributed by atoms with Crippen LogP contribution in [-0.4, -0.2) is 54.9 Å². The van der Waals surface area contributed by atoms with Gasteiger partial charge in [0.25, 0.3) is 0 Å². The molecule has 13 heteroatoms. The first-order valence-corrected chi connectivity index (χ1v) is 11.5. The highest BCUT2D eigenvalue weighted by molar-refractivity contribution is 5.67. The van der Waals surface area contributed by atoms with Crippen LogP contribution in [0, 0.1) is 23.1 Å². The van der Waals surface area contributed by atoms with Gasteiger partial charge in [-0.25, -0.2) is 23.8 Å². The van der Waals surface area contributed by atoms with Crippen LogP contribution in [0.15, 0.2) is 30.7 Å². The van der Waals surface area contributed by atoms with Crippen molar-refractivity contribution in [1.29, 1.82) is 5.26 Å². The molecule has 0 aromatic carbocycles. The summed E-state index contributed by atoms with van der Waals surface area (Å²) in [5, 5.41) is 35.1. The molecule has 3 aromatic rings. The Morgan fingerprint density at radius 3 is 2.81 bits per heavy atom. The lowest BCUT2D eigenvalue weighted by atomic mass is 9.77. The molecular formula is C23H26FN9O3. The standard InChI is InChI=1S/C23H26FN9O3/c1-3-36-22-18(33-8-7-27-32-33)10-16(12-26-22)29-20-15(11-25)9-17(24)21(31-20)30-19(14-5-4-6-14)13(2)28-23(34)35/h7-10,12-14,19,28H,3-6H2,1-2H3,(H,34,35)(H2,29,30,31)/t13-,19+/m0/s1. The molecule has 1 aliphatic carbocycles. The lowest BCUT2D eigenvalue weighted by Gasteiger charge is -2.38. The van der Waals surface area contributed by atoms with E-state index in [1.807, 2.05) is 13.0 Å². The molecule has 12 nitrogen and oxygen atoms in total. The van der Waals surface area contributed by atoms with Gasteiger partial charge in [0.15, 0.2) is 17.5 Å². The fourth-order valence-electron chi connectivity index (χ4n) is 4.06. The Morgan fingerprint density at radius 2 is 2.19 bits per heavy atom. The van der Waals surface area contributed by atoms with Crippen LogP contribution in [0.2, 0.25) is 0 Å². The van der Waals surface area contributed by atoms with Crippen LogP contribution in [-0.2, 0) is 0 Å². The Kier molecular flexibility index (Phi) is 7.43. The third kappa shape index (κ3) is 5.43. The van der Waals surface area contributed by atoms with E-state index < -0.39 is 18.0 Å². The van der Waals surface area contributed by atoms with E-state index >= 15 is 0 Å². The number of nitrogens with zero attached hydrogens (tertiary/aromatic N) is 6. The van der Waals surface area contributed by atoms with E-state index in [4.69, 9.17) is 9.84 Å². The highest BCUT2D eigenvalue weighted by atomic mass is 19.1. The summed E-state index contributed by atoms with van der Waals surface area (Å²) in [7, 11) is 0. The van der Waals surface area contributed by atoms with Gasteiger partial charge >= 0.3 is 6.09 Å². The van der Waals surface area contributed by atoms with E-state index in [2.05, 4.69) is 36.2 Å². The average molecular weight is 496 g/mol. The summed E-state index contributed by atoms with van der Waals surface area (Å²) in [5.74, 6) is -0.171. The molecule has 1 amide bonds. The SMILES string of the molecule is CCOc1ncc(Nc2nc(N[C@@H](C3CCC3)[C@H](C)NC(=O)O)c(F)cc2C#N)cc1-n1ccnn1. The lowest BCUT2D eigenvalue weighted by Crippen LogP contribution is -2.50. The molecule has 0 bridgehead atoms. The molecule has 0 saturated heterocycles. The fourth-order valence-corrected chi connectivity index (χ4v) is 4.06. The summed E-state index contributed by atoms with van der Waals surface area (Å²) in [6, 6.07) is 3.88. The number of hydrogen-bond acceptors (Lipinski definition) is 9. The van der Waals surface area contributed by atoms with E-state index in [9.17, 15) is 14.4 Å². The Labute approximate surface area is 206 Å². The van der Waals surface area contributed by atoms with E-state index in [1.165, 1.54) is 17.1 Å². The Hall–Kier alpha value is -4.47. The second kappa shape index (κ2) is 10.9. The maximum Gasteiger partial charge on any atom is 0.404 e. The molecular weight excluding hydrogens is 469 g/mol. The van der Waals surface area contributed by atoms with Crippen molar-refractivity contribution in [3.63, 3.8) is 0 Å². The zero-order chi connectivity index (χ0) is 25.7. The Morgan fingerprint density at radius 1 is 1.39 bits per heavy atom. The fraction of sp³-hybridized carbons (Fsp3) is 0.391. The van der Waals surface area contributed by atoms with Gasteiger partial charge in [-0.05, 0) is 44.7 Å². The van der Waals surface area contributed by atoms with Gasteiger partial charge in [-0.2, -0.15) is 5.26 Å². The van der Waals surface area contributed by atoms with Gasteiger partial charge in [-0.15, -0.1) is 5.10 Å². The minimum Gasteiger partial charge on any atom is -0.476 e. The number of nitriles is 1. The van der Waals surface area contributed by atoms with Crippen LogP contribution in [0.3, 0.4) is 0 Å². The zero-order valence-corrected chi connectivity index (χ0v) is 19.8. The number of carboxylic acid groups (broad SMARTS) is 1. The van der Waals surface area contributed by atoms with Crippen LogP contribution < -0.4 is 20.7 Å². The van der Waals surface area contributed by atoms with Gasteiger partial charge in [0.1, 0.15) is 11.8 Å². The average Bonchev–Trinajstić information content (AvgIpc) is 3.34. The number of nitrogens with one attached hydrogen (secondary N) is 3. The molecule has 1 saturated carbocycles. The summed E-state index contributed by atoms with van der Waals surface area (Å²) in [4.78, 5) is 19.8. The Bertz CT molecular complexity index is 1260. The summed E-state index contributed by atoms with van der Waals surface area (Å²) >= 11 is 0. The van der Waals surface area contributed by atoms with E-state index in [0.29, 0.717) is 23.9 Å². The number of halogens is 1. The minimum atomic E-state index is -1.16. The molecule has 3 aromatic heterocycles. The van der Waals surface area contributed by atoms with Crippen LogP contribution in [0.5, 0.6) is 5.88 Å². The normalized spacial score (nSPS) is 14.7. The van der Waals surface area contributed by atoms with E-state index in [-0.39, 0.29) is 29.2 Å². The molecule has 0 radical (unpaired) electrons. The summed E-state index contributed by atoms with van der Waals surface area (Å²) in [5.41, 5.74) is 0.963. The van der Waals surface area contributed by atoms with Gasteiger partial charge in [-0.1, -0.05) is 11.6 Å². The number of aromatic nitrogens is 5. The smallest absolute Gasteiger partial charge is 0.404 e. The second-order valence-corrected chi connectivity index (χ2v) is 8.38. The number of hydrogen-bond donors (Lipinski definition) is 4. The number of ether oxygens (including phenoxy) is 1. The van der Waals surface area contributed by atoms with Crippen molar-refractivity contribution in [3.8, 4) is 17.6 Å². The summed E-state index contributed by atoms with van der Waals surface area (Å²) in [6.45, 7) is 3.95. The van der Waals surface area contributed by atoms with Crippen LogP contribution in [0.4, 0.5) is 26.5 Å². The molecule has 1 aliphatic rings. The van der Waals surface area contributed by atoms with Crippen molar-refractivity contribution >= 4 is 23.4 Å². The quantitative estimate of drug-likeness (QED) is 0.327. The third-order valence-corrected chi connectivity index (χ3v) is 5.99. The zero-order valence-electron chi connectivity index (χ0n) is 19.8. The second-order valence-electron chi connectivity index (χ2n) is 8.38. The van der Waals surface area contributed by atoms with Crippen LogP contribution in [0.25, 0.3) is 5.69 Å². The molecule has 1 fully saturated rings. The van der Waals surface area contributed by atoms with Gasteiger partial charge in [0, 0.05) is 6.04 Å². The highest BCUT2D eigenvalue weighted by Gasteiger charge is 2.33. The molecule has 3 heterocycles. The van der Waals surface area contributed by atoms with Crippen molar-refractivity contribution in [2.24, 2.45) is 5.92 Å². The first-order valence-electron chi connectivity index (χ1n) is 11.5. The van der Waals surface area contributed by atoms with Crippen molar-refractivity contribution < 1.29 is 19.0 Å². The minimum absolute atomic E-state index is 0.00820. The molecule has 0 spiro atoms. The summed E-state index contributed by atoms with van der Waals surface area (Å²) in [6.07, 6.45) is 6.31. The first kappa shape index (κ1) is 24.6. The van der Waals surface area contributed by atoms with E-state index in [0.717, 1.165) is 25.3 Å². The predicted molar refractivity (Wildman–Crippen MR) is 128 cm³/mol. The molecule has 0 aliphatic heterocycles. The van der Waals surface area contributed by atoms with Crippen molar-refractivity contribution in [3.05, 3.63) is 42.1 Å². The molecule has 4 rings (SSSR count). The molecule has 4 N–H and O–H groups in total. The van der Waals surface area contributed by atoms with Crippen LogP contribution in [0.1, 0.15) is 38.7 Å². The van der Waals surface area contributed by atoms with Crippen molar-refractivity contribution in [2.75, 3.05) is 17.2 Å². The molecule has 2 atom stereocenters. The van der Waals surface area contributed by atoms with Crippen molar-refractivity contribution in [2.45, 2.75) is 45.2 Å². The number of carbonyl (C=O) groups is 1. The predicted octanol–water partition coefficient (Wildman–Crippen LogP) is 3.45. The largest absolute Gasteiger partial charge is 0.476 e. The third-order valence-electron chi connectivity index (χ3n) is 5.99. The van der Waals surface area contributed by atoms with Gasteiger partial charge < -0.3 is 25.8 Å². The molecule has 0 unspecified atom stereocenters. The topological polar surface area (TPSA) is 163 Å². The van der Waals surface area contributed by atoms with Crippen molar-refractivity contribution in [1.82, 2.24) is 30.3 Å². The maximum absolute atomic E-state index is 14.9. The van der Waals surface area contributed by atoms with Gasteiger partial charge in [-0.3, -0.25) is 0 Å². The van der Waals surface area contributed by atoms with Crippen LogP contribution >= 0.6 is 0 Å². The van der Waals surface area contributed by atoms with Gasteiger partial charge in [0.2, 0.25) is 5.88 Å². The number of rotatable bonds is 10. The van der Waals surface area contributed by atoms with Gasteiger partial charge in [0.05, 0.1) is 42.5 Å². The molecule has 188 valence electrons. The lowest BCUT2D eigenvalue weighted by molar-refractivity contribution is 0.180. The number of pyridine rings is 2. The Balaban J connectivity index is 1.65. The molecule has 36 heavy (non-hydrogen) atoms.